The molecule has 0 fully saturated rings. The van der Waals surface area contributed by atoms with Gasteiger partial charge in [0.15, 0.2) is 0 Å². The number of benzene rings is 2. The van der Waals surface area contributed by atoms with E-state index in [-0.39, 0.29) is 23.7 Å². The fraction of sp³-hybridized carbons (Fsp3) is 0.125. The molecule has 2 aromatic carbocycles. The predicted octanol–water partition coefficient (Wildman–Crippen LogP) is 3.27. The Morgan fingerprint density at radius 3 is 2.61 bits per heavy atom. The minimum Gasteiger partial charge on any atom is -0.465 e. The minimum absolute atomic E-state index is 0.0609. The van der Waals surface area contributed by atoms with Crippen molar-refractivity contribution in [3.05, 3.63) is 57.4 Å². The van der Waals surface area contributed by atoms with Crippen LogP contribution in [0.5, 0.6) is 0 Å². The predicted molar refractivity (Wildman–Crippen MR) is 94.0 cm³/mol. The Bertz CT molecular complexity index is 737. The topological polar surface area (TPSA) is 67.4 Å². The molecule has 0 atom stereocenters. The van der Waals surface area contributed by atoms with Gasteiger partial charge in [0.1, 0.15) is 5.82 Å². The summed E-state index contributed by atoms with van der Waals surface area (Å²) in [5.41, 5.74) is 0.948. The number of carbonyl (C=O) groups excluding carboxylic acids is 2. The van der Waals surface area contributed by atoms with Crippen LogP contribution < -0.4 is 10.6 Å². The highest BCUT2D eigenvalue weighted by molar-refractivity contribution is 14.1. The van der Waals surface area contributed by atoms with E-state index in [1.807, 2.05) is 18.2 Å². The molecule has 0 unspecified atom stereocenters. The lowest BCUT2D eigenvalue weighted by atomic mass is 10.2. The quantitative estimate of drug-likeness (QED) is 0.567. The first kappa shape index (κ1) is 17.2. The number of ether oxygens (including phenoxy) is 1. The van der Waals surface area contributed by atoms with Crippen molar-refractivity contribution in [2.75, 3.05) is 24.3 Å². The summed E-state index contributed by atoms with van der Waals surface area (Å²) in [4.78, 5) is 23.4. The maximum absolute atomic E-state index is 13.7. The van der Waals surface area contributed by atoms with Gasteiger partial charge in [0, 0.05) is 3.57 Å². The second-order valence-electron chi connectivity index (χ2n) is 4.57. The molecule has 0 aromatic heterocycles. The zero-order valence-electron chi connectivity index (χ0n) is 12.2. The van der Waals surface area contributed by atoms with E-state index in [2.05, 4.69) is 38.0 Å². The van der Waals surface area contributed by atoms with Crippen molar-refractivity contribution < 1.29 is 18.7 Å². The third-order valence-electron chi connectivity index (χ3n) is 2.97. The van der Waals surface area contributed by atoms with Gasteiger partial charge in [-0.2, -0.15) is 0 Å². The number of anilines is 2. The Morgan fingerprint density at radius 2 is 1.91 bits per heavy atom. The van der Waals surface area contributed by atoms with Crippen LogP contribution in [-0.2, 0) is 9.53 Å². The number of nitrogens with one attached hydrogen (secondary N) is 2. The summed E-state index contributed by atoms with van der Waals surface area (Å²) in [6.45, 7) is -0.132. The molecule has 0 bridgehead atoms. The van der Waals surface area contributed by atoms with Gasteiger partial charge in [-0.3, -0.25) is 4.79 Å². The van der Waals surface area contributed by atoms with E-state index in [1.54, 1.807) is 6.07 Å². The average molecular weight is 428 g/mol. The third kappa shape index (κ3) is 4.65. The molecule has 0 aliphatic carbocycles. The SMILES string of the molecule is COC(=O)c1ccc(F)c(NCC(=O)Nc2ccccc2I)c1. The van der Waals surface area contributed by atoms with Crippen molar-refractivity contribution in [3.8, 4) is 0 Å². The van der Waals surface area contributed by atoms with E-state index in [4.69, 9.17) is 0 Å². The highest BCUT2D eigenvalue weighted by atomic mass is 127. The Labute approximate surface area is 146 Å². The van der Waals surface area contributed by atoms with Gasteiger partial charge < -0.3 is 15.4 Å². The summed E-state index contributed by atoms with van der Waals surface area (Å²) in [5.74, 6) is -1.45. The molecule has 120 valence electrons. The van der Waals surface area contributed by atoms with E-state index < -0.39 is 11.8 Å². The van der Waals surface area contributed by atoms with Crippen LogP contribution in [0.3, 0.4) is 0 Å². The second-order valence-corrected chi connectivity index (χ2v) is 5.73. The van der Waals surface area contributed by atoms with Crippen molar-refractivity contribution in [1.29, 1.82) is 0 Å². The smallest absolute Gasteiger partial charge is 0.337 e. The fourth-order valence-electron chi connectivity index (χ4n) is 1.84. The highest BCUT2D eigenvalue weighted by Gasteiger charge is 2.11. The number of methoxy groups -OCH3 is 1. The molecule has 0 saturated heterocycles. The van der Waals surface area contributed by atoms with Gasteiger partial charge >= 0.3 is 5.97 Å². The van der Waals surface area contributed by atoms with Crippen LogP contribution in [0.2, 0.25) is 0 Å². The lowest BCUT2D eigenvalue weighted by molar-refractivity contribution is -0.114. The summed E-state index contributed by atoms with van der Waals surface area (Å²) < 4.78 is 19.2. The molecule has 2 rings (SSSR count). The number of rotatable bonds is 5. The first-order chi connectivity index (χ1) is 11.0. The molecular weight excluding hydrogens is 414 g/mol. The molecule has 0 saturated carbocycles. The van der Waals surface area contributed by atoms with E-state index >= 15 is 0 Å². The molecule has 2 N–H and O–H groups in total. The van der Waals surface area contributed by atoms with E-state index in [1.165, 1.54) is 19.2 Å². The fourth-order valence-corrected chi connectivity index (χ4v) is 2.36. The van der Waals surface area contributed by atoms with Crippen LogP contribution in [0, 0.1) is 9.39 Å². The Hall–Kier alpha value is -2.16. The van der Waals surface area contributed by atoms with Crippen LogP contribution in [0.4, 0.5) is 15.8 Å². The van der Waals surface area contributed by atoms with Gasteiger partial charge in [0.05, 0.1) is 30.6 Å². The van der Waals surface area contributed by atoms with Crippen LogP contribution >= 0.6 is 22.6 Å². The molecule has 0 heterocycles. The summed E-state index contributed by atoms with van der Waals surface area (Å²) in [6.07, 6.45) is 0. The molecule has 1 amide bonds. The number of carbonyl (C=O) groups is 2. The maximum Gasteiger partial charge on any atom is 0.337 e. The normalized spacial score (nSPS) is 10.0. The Kier molecular flexibility index (Phi) is 5.91. The Balaban J connectivity index is 2.01. The molecule has 0 spiro atoms. The number of hydrogen-bond acceptors (Lipinski definition) is 4. The van der Waals surface area contributed by atoms with Crippen LogP contribution in [-0.4, -0.2) is 25.5 Å². The standard InChI is InChI=1S/C16H14FIN2O3/c1-23-16(22)10-6-7-11(17)14(8-10)19-9-15(21)20-13-5-3-2-4-12(13)18/h2-8,19H,9H2,1H3,(H,20,21). The molecule has 0 aliphatic heterocycles. The zero-order chi connectivity index (χ0) is 16.8. The largest absolute Gasteiger partial charge is 0.465 e. The number of hydrogen-bond donors (Lipinski definition) is 2. The lowest BCUT2D eigenvalue weighted by Crippen LogP contribution is -2.22. The zero-order valence-corrected chi connectivity index (χ0v) is 14.4. The monoisotopic (exact) mass is 428 g/mol. The van der Waals surface area contributed by atoms with Crippen molar-refractivity contribution in [3.63, 3.8) is 0 Å². The third-order valence-corrected chi connectivity index (χ3v) is 3.92. The molecule has 5 nitrogen and oxygen atoms in total. The molecule has 2 aromatic rings. The summed E-state index contributed by atoms with van der Waals surface area (Å²) >= 11 is 2.11. The summed E-state index contributed by atoms with van der Waals surface area (Å²) in [5, 5.41) is 5.40. The van der Waals surface area contributed by atoms with Gasteiger partial charge in [0.2, 0.25) is 5.91 Å². The van der Waals surface area contributed by atoms with Gasteiger partial charge in [-0.1, -0.05) is 12.1 Å². The van der Waals surface area contributed by atoms with Crippen LogP contribution in [0.15, 0.2) is 42.5 Å². The molecule has 0 aliphatic rings. The average Bonchev–Trinajstić information content (AvgIpc) is 2.55. The van der Waals surface area contributed by atoms with Crippen molar-refractivity contribution in [2.24, 2.45) is 0 Å². The van der Waals surface area contributed by atoms with Gasteiger partial charge in [-0.05, 0) is 52.9 Å². The molecule has 0 radical (unpaired) electrons. The van der Waals surface area contributed by atoms with Crippen molar-refractivity contribution in [2.45, 2.75) is 0 Å². The maximum atomic E-state index is 13.7. The number of amides is 1. The first-order valence-corrected chi connectivity index (χ1v) is 7.75. The Morgan fingerprint density at radius 1 is 1.17 bits per heavy atom. The lowest BCUT2D eigenvalue weighted by Gasteiger charge is -2.10. The van der Waals surface area contributed by atoms with Crippen molar-refractivity contribution in [1.82, 2.24) is 0 Å². The van der Waals surface area contributed by atoms with Gasteiger partial charge in [-0.15, -0.1) is 0 Å². The van der Waals surface area contributed by atoms with Gasteiger partial charge in [0.25, 0.3) is 0 Å². The number of esters is 1. The molecule has 23 heavy (non-hydrogen) atoms. The highest BCUT2D eigenvalue weighted by Crippen LogP contribution is 2.18. The summed E-state index contributed by atoms with van der Waals surface area (Å²) in [7, 11) is 1.24. The number of halogens is 2. The van der Waals surface area contributed by atoms with Crippen LogP contribution in [0.1, 0.15) is 10.4 Å². The number of para-hydroxylation sites is 1. The molecular formula is C16H14FIN2O3. The van der Waals surface area contributed by atoms with E-state index in [0.29, 0.717) is 5.69 Å². The summed E-state index contributed by atoms with van der Waals surface area (Å²) in [6, 6.07) is 11.1. The second kappa shape index (κ2) is 7.91. The van der Waals surface area contributed by atoms with Crippen molar-refractivity contribution >= 4 is 45.8 Å². The van der Waals surface area contributed by atoms with E-state index in [0.717, 1.165) is 9.64 Å². The minimum atomic E-state index is -0.573. The first-order valence-electron chi connectivity index (χ1n) is 6.67. The van der Waals surface area contributed by atoms with Crippen LogP contribution in [0.25, 0.3) is 0 Å². The van der Waals surface area contributed by atoms with Gasteiger partial charge in [-0.25, -0.2) is 9.18 Å². The molecule has 7 heteroatoms. The van der Waals surface area contributed by atoms with E-state index in [9.17, 15) is 14.0 Å².